The van der Waals surface area contributed by atoms with Gasteiger partial charge < -0.3 is 15.5 Å². The molecule has 2 fully saturated rings. The van der Waals surface area contributed by atoms with Gasteiger partial charge in [0.15, 0.2) is 0 Å². The zero-order valence-corrected chi connectivity index (χ0v) is 21.1. The third-order valence-electron chi connectivity index (χ3n) is 7.04. The molecule has 4 heterocycles. The van der Waals surface area contributed by atoms with E-state index in [0.29, 0.717) is 54.8 Å². The third kappa shape index (κ3) is 4.72. The first-order valence-corrected chi connectivity index (χ1v) is 13.1. The van der Waals surface area contributed by atoms with E-state index in [1.54, 1.807) is 28.8 Å². The van der Waals surface area contributed by atoms with Crippen LogP contribution in [0.1, 0.15) is 45.4 Å². The van der Waals surface area contributed by atoms with Crippen molar-refractivity contribution in [2.75, 3.05) is 18.0 Å². The minimum atomic E-state index is -0.497. The van der Waals surface area contributed by atoms with Crippen LogP contribution in [0.3, 0.4) is 0 Å². The van der Waals surface area contributed by atoms with Crippen molar-refractivity contribution in [2.24, 2.45) is 0 Å². The zero-order chi connectivity index (χ0) is 25.2. The molecular formula is C26H31ClN6O3. The standard InChI is InChI=1S/C26H31ClN6O3/c1-2-3-4-13-32-22(31-14-5-6-21(31)25(36)29-19-11-12-28-24(19)35)15-23(34)33-16-20(30-26(32)33)17-7-9-18(27)10-8-17/h7-10,15-16,19,21H,2-6,11-14H2,1H3,(H,28,35)(H,29,36)/t19-,21+/m1/s1. The molecule has 9 nitrogen and oxygen atoms in total. The monoisotopic (exact) mass is 510 g/mol. The summed E-state index contributed by atoms with van der Waals surface area (Å²) < 4.78 is 3.64. The predicted octanol–water partition coefficient (Wildman–Crippen LogP) is 2.98. The molecule has 0 unspecified atom stereocenters. The van der Waals surface area contributed by atoms with E-state index in [1.165, 1.54) is 0 Å². The first-order chi connectivity index (χ1) is 17.5. The van der Waals surface area contributed by atoms with Crippen molar-refractivity contribution in [3.05, 3.63) is 51.9 Å². The summed E-state index contributed by atoms with van der Waals surface area (Å²) in [6, 6.07) is 8.05. The quantitative estimate of drug-likeness (QED) is 0.454. The number of carbonyl (C=O) groups excluding carboxylic acids is 2. The van der Waals surface area contributed by atoms with Crippen molar-refractivity contribution in [2.45, 2.75) is 64.1 Å². The smallest absolute Gasteiger partial charge is 0.261 e. The number of hydrogen-bond acceptors (Lipinski definition) is 5. The van der Waals surface area contributed by atoms with Crippen molar-refractivity contribution >= 4 is 35.0 Å². The molecule has 5 rings (SSSR count). The van der Waals surface area contributed by atoms with Crippen molar-refractivity contribution < 1.29 is 9.59 Å². The summed E-state index contributed by atoms with van der Waals surface area (Å²) in [4.78, 5) is 45.3. The Morgan fingerprint density at radius 3 is 2.72 bits per heavy atom. The van der Waals surface area contributed by atoms with Crippen molar-refractivity contribution in [3.63, 3.8) is 0 Å². The van der Waals surface area contributed by atoms with E-state index in [1.807, 2.05) is 17.0 Å². The van der Waals surface area contributed by atoms with Gasteiger partial charge >= 0.3 is 0 Å². The second kappa shape index (κ2) is 10.3. The number of aryl methyl sites for hydroxylation is 1. The van der Waals surface area contributed by atoms with Gasteiger partial charge in [0.05, 0.1) is 5.69 Å². The maximum Gasteiger partial charge on any atom is 0.261 e. The van der Waals surface area contributed by atoms with Crippen molar-refractivity contribution in [1.82, 2.24) is 24.6 Å². The van der Waals surface area contributed by atoms with Gasteiger partial charge in [0.25, 0.3) is 5.56 Å². The molecule has 2 aliphatic heterocycles. The molecule has 0 bridgehead atoms. The van der Waals surface area contributed by atoms with Gasteiger partial charge in [0.2, 0.25) is 17.6 Å². The molecular weight excluding hydrogens is 480 g/mol. The lowest BCUT2D eigenvalue weighted by molar-refractivity contribution is -0.128. The highest BCUT2D eigenvalue weighted by atomic mass is 35.5. The fourth-order valence-corrected chi connectivity index (χ4v) is 5.25. The van der Waals surface area contributed by atoms with Crippen LogP contribution in [0.25, 0.3) is 17.0 Å². The first-order valence-electron chi connectivity index (χ1n) is 12.7. The fraction of sp³-hybridized carbons (Fsp3) is 0.462. The molecule has 2 aromatic heterocycles. The molecule has 0 spiro atoms. The van der Waals surface area contributed by atoms with E-state index in [4.69, 9.17) is 16.6 Å². The van der Waals surface area contributed by atoms with Gasteiger partial charge in [0, 0.05) is 42.5 Å². The number of benzene rings is 1. The number of amides is 2. The lowest BCUT2D eigenvalue weighted by atomic mass is 10.1. The summed E-state index contributed by atoms with van der Waals surface area (Å²) in [5, 5.41) is 6.31. The summed E-state index contributed by atoms with van der Waals surface area (Å²) in [6.45, 7) is 4.06. The van der Waals surface area contributed by atoms with Gasteiger partial charge in [-0.25, -0.2) is 4.98 Å². The van der Waals surface area contributed by atoms with Gasteiger partial charge in [-0.3, -0.25) is 23.4 Å². The molecule has 0 saturated carbocycles. The van der Waals surface area contributed by atoms with Gasteiger partial charge in [0.1, 0.15) is 17.9 Å². The Hall–Kier alpha value is -3.33. The number of carbonyl (C=O) groups is 2. The first kappa shape index (κ1) is 24.4. The zero-order valence-electron chi connectivity index (χ0n) is 20.4. The van der Waals surface area contributed by atoms with E-state index in [9.17, 15) is 14.4 Å². The highest BCUT2D eigenvalue weighted by molar-refractivity contribution is 6.30. The maximum atomic E-state index is 13.2. The molecule has 2 amide bonds. The average molecular weight is 511 g/mol. The normalized spacial score (nSPS) is 19.7. The molecule has 2 atom stereocenters. The number of nitrogens with zero attached hydrogens (tertiary/aromatic N) is 4. The number of imidazole rings is 1. The topological polar surface area (TPSA) is 101 Å². The van der Waals surface area contributed by atoms with Crippen LogP contribution in [-0.2, 0) is 16.1 Å². The largest absolute Gasteiger partial charge is 0.354 e. The Labute approximate surface area is 214 Å². The molecule has 190 valence electrons. The number of rotatable bonds is 8. The van der Waals surface area contributed by atoms with E-state index in [0.717, 1.165) is 31.2 Å². The Balaban J connectivity index is 1.53. The number of hydrogen-bond donors (Lipinski definition) is 2. The van der Waals surface area contributed by atoms with Gasteiger partial charge in [-0.05, 0) is 37.8 Å². The summed E-state index contributed by atoms with van der Waals surface area (Å²) in [5.41, 5.74) is 1.37. The van der Waals surface area contributed by atoms with Gasteiger partial charge in [-0.15, -0.1) is 0 Å². The minimum Gasteiger partial charge on any atom is -0.354 e. The summed E-state index contributed by atoms with van der Waals surface area (Å²) >= 11 is 6.05. The molecule has 36 heavy (non-hydrogen) atoms. The molecule has 3 aromatic rings. The summed E-state index contributed by atoms with van der Waals surface area (Å²) in [6.07, 6.45) is 6.88. The molecule has 2 N–H and O–H groups in total. The van der Waals surface area contributed by atoms with Crippen LogP contribution in [0, 0.1) is 0 Å². The van der Waals surface area contributed by atoms with Crippen LogP contribution < -0.4 is 21.1 Å². The number of unbranched alkanes of at least 4 members (excludes halogenated alkanes) is 2. The number of fused-ring (bicyclic) bond motifs is 1. The Morgan fingerprint density at radius 2 is 2.00 bits per heavy atom. The average Bonchev–Trinajstić information content (AvgIpc) is 3.61. The Bertz CT molecular complexity index is 1330. The number of nitrogens with one attached hydrogen (secondary N) is 2. The van der Waals surface area contributed by atoms with Crippen LogP contribution in [0.4, 0.5) is 5.82 Å². The van der Waals surface area contributed by atoms with Gasteiger partial charge in [-0.1, -0.05) is 43.5 Å². The second-order valence-electron chi connectivity index (χ2n) is 9.49. The molecule has 0 aliphatic carbocycles. The van der Waals surface area contributed by atoms with Crippen LogP contribution in [0.5, 0.6) is 0 Å². The molecule has 2 saturated heterocycles. The summed E-state index contributed by atoms with van der Waals surface area (Å²) in [5.74, 6) is 0.940. The SMILES string of the molecule is CCCCCn1c(N2CCC[C@H]2C(=O)N[C@@H]2CCNC2=O)cc(=O)n2cc(-c3ccc(Cl)cc3)nc12. The van der Waals surface area contributed by atoms with Crippen LogP contribution in [0.2, 0.25) is 5.02 Å². The second-order valence-corrected chi connectivity index (χ2v) is 9.93. The van der Waals surface area contributed by atoms with Crippen molar-refractivity contribution in [1.29, 1.82) is 0 Å². The minimum absolute atomic E-state index is 0.141. The Morgan fingerprint density at radius 1 is 1.19 bits per heavy atom. The van der Waals surface area contributed by atoms with Crippen LogP contribution in [0.15, 0.2) is 41.3 Å². The van der Waals surface area contributed by atoms with Gasteiger partial charge in [-0.2, -0.15) is 0 Å². The Kier molecular flexibility index (Phi) is 7.00. The van der Waals surface area contributed by atoms with Crippen LogP contribution >= 0.6 is 11.6 Å². The number of aromatic nitrogens is 3. The lowest BCUT2D eigenvalue weighted by Gasteiger charge is -2.29. The molecule has 1 aromatic carbocycles. The lowest BCUT2D eigenvalue weighted by Crippen LogP contribution is -2.49. The van der Waals surface area contributed by atoms with E-state index < -0.39 is 12.1 Å². The third-order valence-corrected chi connectivity index (χ3v) is 7.29. The highest BCUT2D eigenvalue weighted by Crippen LogP contribution is 2.28. The maximum absolute atomic E-state index is 13.2. The van der Waals surface area contributed by atoms with E-state index in [-0.39, 0.29) is 17.4 Å². The molecule has 2 aliphatic rings. The van der Waals surface area contributed by atoms with Crippen LogP contribution in [-0.4, -0.2) is 50.9 Å². The van der Waals surface area contributed by atoms with Crippen molar-refractivity contribution in [3.8, 4) is 11.3 Å². The van der Waals surface area contributed by atoms with E-state index in [2.05, 4.69) is 22.1 Å². The number of halogens is 1. The molecule has 0 radical (unpaired) electrons. The highest BCUT2D eigenvalue weighted by Gasteiger charge is 2.36. The predicted molar refractivity (Wildman–Crippen MR) is 139 cm³/mol. The van der Waals surface area contributed by atoms with E-state index >= 15 is 0 Å². The molecule has 10 heteroatoms. The number of anilines is 1. The summed E-state index contributed by atoms with van der Waals surface area (Å²) in [7, 11) is 0. The fourth-order valence-electron chi connectivity index (χ4n) is 5.13.